The van der Waals surface area contributed by atoms with Crippen LogP contribution in [0.5, 0.6) is 0 Å². The number of nitrogens with zero attached hydrogens (tertiary/aromatic N) is 3. The molecular formula is C15H23N3O3. The van der Waals surface area contributed by atoms with E-state index in [9.17, 15) is 4.79 Å². The maximum Gasteiger partial charge on any atom is 0.259 e. The number of ether oxygens (including phenoxy) is 1. The van der Waals surface area contributed by atoms with E-state index in [4.69, 9.17) is 9.26 Å². The zero-order valence-corrected chi connectivity index (χ0v) is 13.0. The molecule has 0 aromatic carbocycles. The topological polar surface area (TPSA) is 58.8 Å². The van der Waals surface area contributed by atoms with Gasteiger partial charge >= 0.3 is 0 Å². The van der Waals surface area contributed by atoms with Gasteiger partial charge < -0.3 is 14.2 Å². The number of amides is 1. The molecule has 2 aliphatic rings. The number of carbonyl (C=O) groups is 1. The molecule has 0 unspecified atom stereocenters. The highest BCUT2D eigenvalue weighted by Gasteiger charge is 2.44. The fourth-order valence-electron chi connectivity index (χ4n) is 3.64. The predicted molar refractivity (Wildman–Crippen MR) is 77.2 cm³/mol. The van der Waals surface area contributed by atoms with Gasteiger partial charge in [-0.05, 0) is 26.2 Å². The van der Waals surface area contributed by atoms with Gasteiger partial charge in [-0.3, -0.25) is 9.69 Å². The van der Waals surface area contributed by atoms with E-state index < -0.39 is 0 Å². The molecule has 2 atom stereocenters. The minimum Gasteiger partial charge on any atom is -0.383 e. The molecule has 3 heterocycles. The van der Waals surface area contributed by atoms with Gasteiger partial charge in [0.2, 0.25) is 0 Å². The minimum absolute atomic E-state index is 0.0762. The van der Waals surface area contributed by atoms with Crippen LogP contribution >= 0.6 is 0 Å². The van der Waals surface area contributed by atoms with Crippen LogP contribution in [0.1, 0.15) is 28.2 Å². The van der Waals surface area contributed by atoms with Crippen molar-refractivity contribution >= 4 is 5.91 Å². The largest absolute Gasteiger partial charge is 0.383 e. The molecule has 6 heteroatoms. The number of aryl methyl sites for hydroxylation is 2. The maximum absolute atomic E-state index is 12.8. The van der Waals surface area contributed by atoms with Crippen LogP contribution in [0.2, 0.25) is 0 Å². The molecule has 21 heavy (non-hydrogen) atoms. The van der Waals surface area contributed by atoms with Gasteiger partial charge in [-0.1, -0.05) is 5.16 Å². The van der Waals surface area contributed by atoms with Crippen molar-refractivity contribution in [1.82, 2.24) is 15.0 Å². The quantitative estimate of drug-likeness (QED) is 0.831. The number of fused-ring (bicyclic) bond motifs is 1. The van der Waals surface area contributed by atoms with Crippen LogP contribution in [0.4, 0.5) is 0 Å². The van der Waals surface area contributed by atoms with E-state index in [1.165, 1.54) is 0 Å². The highest BCUT2D eigenvalue weighted by atomic mass is 16.5. The lowest BCUT2D eigenvalue weighted by molar-refractivity contribution is 0.0720. The monoisotopic (exact) mass is 293 g/mol. The Morgan fingerprint density at radius 1 is 1.43 bits per heavy atom. The van der Waals surface area contributed by atoms with E-state index in [0.717, 1.165) is 39.2 Å². The Labute approximate surface area is 125 Å². The van der Waals surface area contributed by atoms with Crippen LogP contribution in [0.15, 0.2) is 4.52 Å². The molecule has 1 aromatic heterocycles. The molecule has 1 amide bonds. The molecule has 6 nitrogen and oxygen atoms in total. The number of carbonyl (C=O) groups excluding carboxylic acids is 1. The SMILES string of the molecule is COCCN1C[C@H]2CCN(C(=O)c3c(C)noc3C)[C@H]2C1. The lowest BCUT2D eigenvalue weighted by Gasteiger charge is -2.25. The molecule has 2 aliphatic heterocycles. The second-order valence-corrected chi connectivity index (χ2v) is 6.07. The number of rotatable bonds is 4. The van der Waals surface area contributed by atoms with E-state index in [1.54, 1.807) is 14.0 Å². The Morgan fingerprint density at radius 3 is 2.90 bits per heavy atom. The minimum atomic E-state index is 0.0762. The van der Waals surface area contributed by atoms with E-state index in [2.05, 4.69) is 10.1 Å². The second-order valence-electron chi connectivity index (χ2n) is 6.07. The van der Waals surface area contributed by atoms with E-state index in [-0.39, 0.29) is 5.91 Å². The average Bonchev–Trinajstić information content (AvgIpc) is 3.10. The van der Waals surface area contributed by atoms with Crippen molar-refractivity contribution in [2.45, 2.75) is 26.3 Å². The van der Waals surface area contributed by atoms with Crippen LogP contribution < -0.4 is 0 Å². The predicted octanol–water partition coefficient (Wildman–Crippen LogP) is 1.08. The maximum atomic E-state index is 12.8. The van der Waals surface area contributed by atoms with Crippen LogP contribution in [-0.2, 0) is 4.74 Å². The first-order chi connectivity index (χ1) is 10.1. The van der Waals surface area contributed by atoms with Crippen LogP contribution in [0, 0.1) is 19.8 Å². The van der Waals surface area contributed by atoms with Crippen molar-refractivity contribution in [3.05, 3.63) is 17.0 Å². The molecule has 3 rings (SSSR count). The van der Waals surface area contributed by atoms with Crippen molar-refractivity contribution < 1.29 is 14.1 Å². The summed E-state index contributed by atoms with van der Waals surface area (Å²) in [6.07, 6.45) is 1.09. The number of methoxy groups -OCH3 is 1. The molecule has 116 valence electrons. The molecule has 0 spiro atoms. The van der Waals surface area contributed by atoms with Crippen LogP contribution in [0.25, 0.3) is 0 Å². The van der Waals surface area contributed by atoms with Gasteiger partial charge in [-0.25, -0.2) is 0 Å². The Balaban J connectivity index is 1.71. The van der Waals surface area contributed by atoms with Gasteiger partial charge in [-0.2, -0.15) is 0 Å². The standard InChI is InChI=1S/C15H23N3O3/c1-10-14(11(2)21-16-10)15(19)18-5-4-12-8-17(6-7-20-3)9-13(12)18/h12-13H,4-9H2,1-3H3/t12-,13+/m1/s1. The van der Waals surface area contributed by atoms with Gasteiger partial charge in [0.25, 0.3) is 5.91 Å². The molecule has 0 aliphatic carbocycles. The normalized spacial score (nSPS) is 25.6. The van der Waals surface area contributed by atoms with E-state index >= 15 is 0 Å². The van der Waals surface area contributed by atoms with E-state index in [0.29, 0.717) is 29.0 Å². The summed E-state index contributed by atoms with van der Waals surface area (Å²) < 4.78 is 10.3. The summed E-state index contributed by atoms with van der Waals surface area (Å²) in [6, 6.07) is 0.322. The van der Waals surface area contributed by atoms with Crippen LogP contribution in [-0.4, -0.2) is 66.8 Å². The molecule has 0 radical (unpaired) electrons. The number of aromatic nitrogens is 1. The number of likely N-dealkylation sites (tertiary alicyclic amines) is 2. The Kier molecular flexibility index (Phi) is 3.99. The first-order valence-electron chi connectivity index (χ1n) is 7.57. The lowest BCUT2D eigenvalue weighted by atomic mass is 10.0. The zero-order chi connectivity index (χ0) is 15.0. The van der Waals surface area contributed by atoms with Gasteiger partial charge in [0, 0.05) is 39.3 Å². The summed E-state index contributed by atoms with van der Waals surface area (Å²) in [7, 11) is 1.73. The third kappa shape index (κ3) is 2.58. The fraction of sp³-hybridized carbons (Fsp3) is 0.733. The highest BCUT2D eigenvalue weighted by molar-refractivity contribution is 5.96. The van der Waals surface area contributed by atoms with Gasteiger partial charge in [0.1, 0.15) is 11.3 Å². The first kappa shape index (κ1) is 14.5. The molecular weight excluding hydrogens is 270 g/mol. The molecule has 1 aromatic rings. The molecule has 2 saturated heterocycles. The van der Waals surface area contributed by atoms with Crippen molar-refractivity contribution in [2.75, 3.05) is 39.9 Å². The van der Waals surface area contributed by atoms with E-state index in [1.807, 2.05) is 11.8 Å². The third-order valence-corrected chi connectivity index (χ3v) is 4.74. The summed E-state index contributed by atoms with van der Waals surface area (Å²) in [5.74, 6) is 1.29. The van der Waals surface area contributed by atoms with Crippen LogP contribution in [0.3, 0.4) is 0 Å². The van der Waals surface area contributed by atoms with Gasteiger partial charge in [0.05, 0.1) is 12.3 Å². The first-order valence-corrected chi connectivity index (χ1v) is 7.57. The second kappa shape index (κ2) is 5.77. The smallest absolute Gasteiger partial charge is 0.259 e. The Morgan fingerprint density at radius 2 is 2.24 bits per heavy atom. The summed E-state index contributed by atoms with van der Waals surface area (Å²) in [4.78, 5) is 17.2. The zero-order valence-electron chi connectivity index (χ0n) is 13.0. The van der Waals surface area contributed by atoms with Gasteiger partial charge in [-0.15, -0.1) is 0 Å². The van der Waals surface area contributed by atoms with Crippen molar-refractivity contribution in [3.8, 4) is 0 Å². The summed E-state index contributed by atoms with van der Waals surface area (Å²) in [6.45, 7) is 8.18. The van der Waals surface area contributed by atoms with Gasteiger partial charge in [0.15, 0.2) is 0 Å². The fourth-order valence-corrected chi connectivity index (χ4v) is 3.64. The summed E-state index contributed by atoms with van der Waals surface area (Å²) in [5, 5.41) is 3.90. The summed E-state index contributed by atoms with van der Waals surface area (Å²) in [5.41, 5.74) is 1.33. The summed E-state index contributed by atoms with van der Waals surface area (Å²) >= 11 is 0. The highest BCUT2D eigenvalue weighted by Crippen LogP contribution is 2.33. The van der Waals surface area contributed by atoms with Crippen molar-refractivity contribution in [3.63, 3.8) is 0 Å². The third-order valence-electron chi connectivity index (χ3n) is 4.74. The number of hydrogen-bond donors (Lipinski definition) is 0. The molecule has 2 fully saturated rings. The Bertz CT molecular complexity index is 509. The lowest BCUT2D eigenvalue weighted by Crippen LogP contribution is -2.40. The molecule has 0 saturated carbocycles. The average molecular weight is 293 g/mol. The number of hydrogen-bond acceptors (Lipinski definition) is 5. The molecule has 0 N–H and O–H groups in total. The Hall–Kier alpha value is -1.40. The molecule has 0 bridgehead atoms. The van der Waals surface area contributed by atoms with Crippen molar-refractivity contribution in [1.29, 1.82) is 0 Å². The van der Waals surface area contributed by atoms with Crippen molar-refractivity contribution in [2.24, 2.45) is 5.92 Å².